The van der Waals surface area contributed by atoms with E-state index < -0.39 is 10.0 Å². The summed E-state index contributed by atoms with van der Waals surface area (Å²) >= 11 is 1.40. The number of Topliss-reactive ketones (excluding diaryl/α,β-unsaturated/α-hetero) is 1. The summed E-state index contributed by atoms with van der Waals surface area (Å²) in [7, 11) is -3.62. The van der Waals surface area contributed by atoms with Crippen LogP contribution in [0.2, 0.25) is 0 Å². The summed E-state index contributed by atoms with van der Waals surface area (Å²) in [5.41, 5.74) is 2.03. The molecule has 2 aromatic carbocycles. The van der Waals surface area contributed by atoms with Crippen LogP contribution in [0.1, 0.15) is 36.5 Å². The standard InChI is InChI=1S/C26H29N3O5S2/c1-18-5-3-10-29(16-18)36(31,32)21-7-2-6-20(13-21)23(30)15-27-26-28-22(17-35-26)19-8-9-24-25(14-19)34-12-4-11-33-24/h2,6-9,13-14,17-18H,3-5,10-12,15-16H2,1H3,(H,27,28). The molecule has 0 bridgehead atoms. The summed E-state index contributed by atoms with van der Waals surface area (Å²) in [6.07, 6.45) is 2.73. The van der Waals surface area contributed by atoms with E-state index in [1.807, 2.05) is 23.6 Å². The van der Waals surface area contributed by atoms with E-state index in [0.29, 0.717) is 48.7 Å². The van der Waals surface area contributed by atoms with Crippen LogP contribution in [-0.4, -0.2) is 56.3 Å². The first-order chi connectivity index (χ1) is 17.4. The molecule has 1 fully saturated rings. The normalized spacial score (nSPS) is 18.4. The average molecular weight is 528 g/mol. The van der Waals surface area contributed by atoms with Gasteiger partial charge in [0.15, 0.2) is 22.4 Å². The fourth-order valence-electron chi connectivity index (χ4n) is 4.41. The van der Waals surface area contributed by atoms with Crippen molar-refractivity contribution in [3.05, 3.63) is 53.4 Å². The lowest BCUT2D eigenvalue weighted by atomic mass is 10.0. The summed E-state index contributed by atoms with van der Waals surface area (Å²) in [4.78, 5) is 17.6. The number of nitrogens with one attached hydrogen (secondary N) is 1. The minimum atomic E-state index is -3.62. The number of hydrogen-bond acceptors (Lipinski definition) is 8. The van der Waals surface area contributed by atoms with Crippen LogP contribution in [0.15, 0.2) is 52.7 Å². The summed E-state index contributed by atoms with van der Waals surface area (Å²) in [5.74, 6) is 1.56. The van der Waals surface area contributed by atoms with Gasteiger partial charge < -0.3 is 14.8 Å². The number of aromatic nitrogens is 1. The van der Waals surface area contributed by atoms with Gasteiger partial charge in [0.25, 0.3) is 0 Å². The first-order valence-electron chi connectivity index (χ1n) is 12.1. The third kappa shape index (κ3) is 5.40. The van der Waals surface area contributed by atoms with Crippen molar-refractivity contribution >= 4 is 32.3 Å². The van der Waals surface area contributed by atoms with Crippen molar-refractivity contribution in [3.8, 4) is 22.8 Å². The van der Waals surface area contributed by atoms with Gasteiger partial charge in [-0.1, -0.05) is 19.1 Å². The van der Waals surface area contributed by atoms with Crippen LogP contribution in [-0.2, 0) is 10.0 Å². The molecule has 2 aliphatic heterocycles. The van der Waals surface area contributed by atoms with Gasteiger partial charge in [-0.05, 0) is 49.1 Å². The zero-order valence-corrected chi connectivity index (χ0v) is 21.7. The highest BCUT2D eigenvalue weighted by Crippen LogP contribution is 2.35. The lowest BCUT2D eigenvalue weighted by Crippen LogP contribution is -2.39. The monoisotopic (exact) mass is 527 g/mol. The summed E-state index contributed by atoms with van der Waals surface area (Å²) in [5, 5.41) is 5.60. The molecule has 1 atom stereocenters. The zero-order chi connectivity index (χ0) is 25.1. The Morgan fingerprint density at radius 1 is 1.14 bits per heavy atom. The number of sulfonamides is 1. The van der Waals surface area contributed by atoms with E-state index in [-0.39, 0.29) is 17.2 Å². The minimum Gasteiger partial charge on any atom is -0.490 e. The number of nitrogens with zero attached hydrogens (tertiary/aromatic N) is 2. The number of ether oxygens (including phenoxy) is 2. The van der Waals surface area contributed by atoms with Crippen LogP contribution in [0, 0.1) is 5.92 Å². The maximum Gasteiger partial charge on any atom is 0.243 e. The number of anilines is 1. The average Bonchev–Trinajstić information content (AvgIpc) is 3.24. The summed E-state index contributed by atoms with van der Waals surface area (Å²) in [6, 6.07) is 12.0. The molecular formula is C26H29N3O5S2. The molecule has 10 heteroatoms. The predicted octanol–water partition coefficient (Wildman–Crippen LogP) is 4.69. The predicted molar refractivity (Wildman–Crippen MR) is 140 cm³/mol. The van der Waals surface area contributed by atoms with Crippen molar-refractivity contribution in [1.29, 1.82) is 0 Å². The largest absolute Gasteiger partial charge is 0.490 e. The van der Waals surface area contributed by atoms with Crippen molar-refractivity contribution in [3.63, 3.8) is 0 Å². The molecule has 2 aliphatic rings. The Hall–Kier alpha value is -2.95. The summed E-state index contributed by atoms with van der Waals surface area (Å²) in [6.45, 7) is 4.35. The van der Waals surface area contributed by atoms with E-state index >= 15 is 0 Å². The number of benzene rings is 2. The Bertz CT molecular complexity index is 1360. The van der Waals surface area contributed by atoms with Gasteiger partial charge >= 0.3 is 0 Å². The number of carbonyl (C=O) groups is 1. The van der Waals surface area contributed by atoms with E-state index in [1.165, 1.54) is 21.7 Å². The van der Waals surface area contributed by atoms with Crippen molar-refractivity contribution in [2.45, 2.75) is 31.1 Å². The number of piperidine rings is 1. The second-order valence-electron chi connectivity index (χ2n) is 9.16. The van der Waals surface area contributed by atoms with E-state index in [0.717, 1.165) is 36.3 Å². The topological polar surface area (TPSA) is 97.8 Å². The smallest absolute Gasteiger partial charge is 0.243 e. The second kappa shape index (κ2) is 10.6. The van der Waals surface area contributed by atoms with Crippen LogP contribution < -0.4 is 14.8 Å². The van der Waals surface area contributed by atoms with Crippen LogP contribution in [0.5, 0.6) is 11.5 Å². The lowest BCUT2D eigenvalue weighted by molar-refractivity contribution is 0.101. The van der Waals surface area contributed by atoms with Gasteiger partial charge in [0.1, 0.15) is 0 Å². The number of hydrogen-bond donors (Lipinski definition) is 1. The molecule has 1 aromatic heterocycles. The number of thiazole rings is 1. The Balaban J connectivity index is 1.24. The molecule has 1 unspecified atom stereocenters. The molecular weight excluding hydrogens is 498 g/mol. The van der Waals surface area contributed by atoms with Gasteiger partial charge in [-0.15, -0.1) is 11.3 Å². The Morgan fingerprint density at radius 2 is 1.97 bits per heavy atom. The van der Waals surface area contributed by atoms with Crippen LogP contribution in [0.3, 0.4) is 0 Å². The van der Waals surface area contributed by atoms with E-state index in [1.54, 1.807) is 18.2 Å². The number of rotatable bonds is 7. The molecule has 36 heavy (non-hydrogen) atoms. The maximum absolute atomic E-state index is 13.1. The van der Waals surface area contributed by atoms with E-state index in [9.17, 15) is 13.2 Å². The molecule has 8 nitrogen and oxygen atoms in total. The quantitative estimate of drug-likeness (QED) is 0.445. The molecule has 190 valence electrons. The molecule has 3 aromatic rings. The molecule has 0 aliphatic carbocycles. The maximum atomic E-state index is 13.1. The van der Waals surface area contributed by atoms with Crippen molar-refractivity contribution < 1.29 is 22.7 Å². The van der Waals surface area contributed by atoms with Crippen molar-refractivity contribution in [1.82, 2.24) is 9.29 Å². The van der Waals surface area contributed by atoms with Gasteiger partial charge in [0.2, 0.25) is 10.0 Å². The fourth-order valence-corrected chi connectivity index (χ4v) is 6.78. The molecule has 0 saturated carbocycles. The highest BCUT2D eigenvalue weighted by atomic mass is 32.2. The van der Waals surface area contributed by atoms with Crippen molar-refractivity contribution in [2.24, 2.45) is 5.92 Å². The third-order valence-electron chi connectivity index (χ3n) is 6.36. The van der Waals surface area contributed by atoms with Gasteiger partial charge in [0, 0.05) is 36.0 Å². The molecule has 1 N–H and O–H groups in total. The Labute approximate surface area is 215 Å². The molecule has 0 radical (unpaired) electrons. The second-order valence-corrected chi connectivity index (χ2v) is 12.0. The number of fused-ring (bicyclic) bond motifs is 1. The van der Waals surface area contributed by atoms with Crippen LogP contribution in [0.25, 0.3) is 11.3 Å². The van der Waals surface area contributed by atoms with Crippen molar-refractivity contribution in [2.75, 3.05) is 38.2 Å². The van der Waals surface area contributed by atoms with E-state index in [2.05, 4.69) is 17.2 Å². The number of carbonyl (C=O) groups excluding carboxylic acids is 1. The SMILES string of the molecule is CC1CCCN(S(=O)(=O)c2cccc(C(=O)CNc3nc(-c4ccc5c(c4)OCCCO5)cs3)c2)C1. The first-order valence-corrected chi connectivity index (χ1v) is 14.4. The molecule has 0 spiro atoms. The molecule has 0 amide bonds. The van der Waals surface area contributed by atoms with Crippen LogP contribution in [0.4, 0.5) is 5.13 Å². The summed E-state index contributed by atoms with van der Waals surface area (Å²) < 4.78 is 39.2. The fraction of sp³-hybridized carbons (Fsp3) is 0.385. The highest BCUT2D eigenvalue weighted by Gasteiger charge is 2.29. The Morgan fingerprint density at radius 3 is 2.81 bits per heavy atom. The molecule has 1 saturated heterocycles. The Kier molecular flexibility index (Phi) is 7.27. The number of ketones is 1. The van der Waals surface area contributed by atoms with Crippen LogP contribution >= 0.6 is 11.3 Å². The van der Waals surface area contributed by atoms with E-state index in [4.69, 9.17) is 9.47 Å². The van der Waals surface area contributed by atoms with Gasteiger partial charge in [0.05, 0.1) is 30.3 Å². The van der Waals surface area contributed by atoms with Gasteiger partial charge in [-0.3, -0.25) is 4.79 Å². The molecule has 3 heterocycles. The molecule has 5 rings (SSSR count). The highest BCUT2D eigenvalue weighted by molar-refractivity contribution is 7.89. The third-order valence-corrected chi connectivity index (χ3v) is 9.02. The zero-order valence-electron chi connectivity index (χ0n) is 20.1. The lowest BCUT2D eigenvalue weighted by Gasteiger charge is -2.30. The van der Waals surface area contributed by atoms with Gasteiger partial charge in [-0.25, -0.2) is 13.4 Å². The van der Waals surface area contributed by atoms with Gasteiger partial charge in [-0.2, -0.15) is 4.31 Å². The minimum absolute atomic E-state index is 0.0122. The first kappa shape index (κ1) is 24.7.